The summed E-state index contributed by atoms with van der Waals surface area (Å²) in [5, 5.41) is 3.65. The number of hydrogen-bond donors (Lipinski definition) is 0. The Morgan fingerprint density at radius 2 is 1.14 bits per heavy atom. The van der Waals surface area contributed by atoms with Crippen LogP contribution in [0, 0.1) is 0 Å². The largest absolute Gasteiger partial charge is 0.456 e. The fourth-order valence-electron chi connectivity index (χ4n) is 12.3. The lowest BCUT2D eigenvalue weighted by Crippen LogP contribution is -2.60. The molecule has 2 aliphatic heterocycles. The molecule has 0 radical (unpaired) electrons. The summed E-state index contributed by atoms with van der Waals surface area (Å²) in [6, 6.07) is 62.4. The van der Waals surface area contributed by atoms with Crippen molar-refractivity contribution >= 4 is 88.9 Å². The van der Waals surface area contributed by atoms with Crippen LogP contribution in [0.25, 0.3) is 65.4 Å². The first-order chi connectivity index (χ1) is 34.0. The second-order valence-corrected chi connectivity index (χ2v) is 25.1. The first-order valence-corrected chi connectivity index (χ1v) is 26.5. The van der Waals surface area contributed by atoms with E-state index in [1.807, 2.05) is 11.3 Å². The van der Waals surface area contributed by atoms with Gasteiger partial charge < -0.3 is 14.1 Å². The molecule has 3 nitrogen and oxygen atoms in total. The molecule has 71 heavy (non-hydrogen) atoms. The second kappa shape index (κ2) is 15.3. The highest BCUT2D eigenvalue weighted by Crippen LogP contribution is 2.56. The average molecular weight is 941 g/mol. The maximum Gasteiger partial charge on any atom is 0.343 e. The van der Waals surface area contributed by atoms with E-state index in [-0.39, 0.29) is 28.5 Å². The normalized spacial score (nSPS) is 15.8. The molecule has 1 aliphatic carbocycles. The van der Waals surface area contributed by atoms with Crippen LogP contribution < -0.4 is 20.0 Å². The van der Waals surface area contributed by atoms with E-state index in [0.29, 0.717) is 0 Å². The Balaban J connectivity index is 1.20. The van der Waals surface area contributed by atoms with Gasteiger partial charge in [-0.3, -0.25) is 0 Å². The minimum absolute atomic E-state index is 0.00261. The van der Waals surface area contributed by atoms with Gasteiger partial charge >= 0.3 is 6.85 Å². The van der Waals surface area contributed by atoms with Gasteiger partial charge in [0, 0.05) is 48.4 Å². The van der Waals surface area contributed by atoms with E-state index in [9.17, 15) is 0 Å². The summed E-state index contributed by atoms with van der Waals surface area (Å²) >= 11 is 1.95. The summed E-state index contributed by atoms with van der Waals surface area (Å²) in [7, 11) is 0. The Kier molecular flexibility index (Phi) is 9.54. The van der Waals surface area contributed by atoms with Gasteiger partial charge in [-0.25, -0.2) is 0 Å². The molecule has 0 fully saturated rings. The zero-order chi connectivity index (χ0) is 48.9. The summed E-state index contributed by atoms with van der Waals surface area (Å²) in [5.74, 6) is 0. The van der Waals surface area contributed by atoms with E-state index in [0.717, 1.165) is 24.0 Å². The molecule has 4 heterocycles. The lowest BCUT2D eigenvalue weighted by molar-refractivity contribution is 0.332. The van der Waals surface area contributed by atoms with Gasteiger partial charge in [-0.05, 0) is 151 Å². The number of benzene rings is 8. The van der Waals surface area contributed by atoms with Crippen LogP contribution in [-0.2, 0) is 21.7 Å². The van der Waals surface area contributed by atoms with Crippen molar-refractivity contribution in [3.05, 3.63) is 186 Å². The van der Waals surface area contributed by atoms with Crippen molar-refractivity contribution in [3.63, 3.8) is 0 Å². The van der Waals surface area contributed by atoms with E-state index in [4.69, 9.17) is 4.42 Å². The third-order valence-corrected chi connectivity index (χ3v) is 17.6. The van der Waals surface area contributed by atoms with Crippen molar-refractivity contribution in [2.45, 2.75) is 104 Å². The number of rotatable bonds is 4. The van der Waals surface area contributed by atoms with Crippen LogP contribution in [0.5, 0.6) is 0 Å². The highest BCUT2D eigenvalue weighted by atomic mass is 32.1. The number of thiophene rings is 1. The Labute approximate surface area is 423 Å². The summed E-state index contributed by atoms with van der Waals surface area (Å²) in [6.45, 7) is 23.5. The van der Waals surface area contributed by atoms with Crippen molar-refractivity contribution in [2.24, 2.45) is 0 Å². The minimum Gasteiger partial charge on any atom is -0.456 e. The molecule has 10 aromatic rings. The Hall–Kier alpha value is -6.82. The lowest BCUT2D eigenvalue weighted by atomic mass is 9.46. The predicted octanol–water partition coefficient (Wildman–Crippen LogP) is 17.8. The maximum atomic E-state index is 7.13. The molecule has 5 heteroatoms. The van der Waals surface area contributed by atoms with Crippen LogP contribution in [0.4, 0.5) is 28.4 Å². The van der Waals surface area contributed by atoms with E-state index >= 15 is 0 Å². The van der Waals surface area contributed by atoms with Crippen molar-refractivity contribution in [3.8, 4) is 33.4 Å². The summed E-state index contributed by atoms with van der Waals surface area (Å²) in [6.07, 6.45) is 2.30. The first-order valence-electron chi connectivity index (χ1n) is 25.7. The van der Waals surface area contributed by atoms with Gasteiger partial charge in [-0.1, -0.05) is 166 Å². The van der Waals surface area contributed by atoms with Gasteiger partial charge in [-0.2, -0.15) is 0 Å². The number of nitrogens with zero attached hydrogens (tertiary/aromatic N) is 2. The monoisotopic (exact) mass is 940 g/mol. The zero-order valence-corrected chi connectivity index (χ0v) is 43.6. The van der Waals surface area contributed by atoms with Crippen LogP contribution in [-0.4, -0.2) is 6.85 Å². The molecule has 0 saturated heterocycles. The van der Waals surface area contributed by atoms with Crippen molar-refractivity contribution in [1.82, 2.24) is 0 Å². The van der Waals surface area contributed by atoms with E-state index in [1.165, 1.54) is 115 Å². The summed E-state index contributed by atoms with van der Waals surface area (Å²) < 4.78 is 9.75. The maximum absolute atomic E-state index is 7.13. The number of anilines is 5. The SMILES string of the molecule is CC(C)(C)c1ccc(N2B3c4sc5ccccc5c4N(c4ccc(C(C)(C)C)cc4-c4ccccc4)c4cc(-c5ccccc5)cc(c43)-c3ccc4oc5cc6c(cc5c4c32)C(C)(C)CCC6(C)C)cc1. The van der Waals surface area contributed by atoms with E-state index < -0.39 is 0 Å². The van der Waals surface area contributed by atoms with Gasteiger partial charge in [0.25, 0.3) is 0 Å². The molecule has 0 spiro atoms. The highest BCUT2D eigenvalue weighted by Gasteiger charge is 2.49. The zero-order valence-electron chi connectivity index (χ0n) is 42.8. The van der Waals surface area contributed by atoms with Crippen molar-refractivity contribution in [2.75, 3.05) is 9.71 Å². The van der Waals surface area contributed by atoms with Crippen LogP contribution in [0.2, 0.25) is 0 Å². The molecular formula is C66H61BN2OS. The first kappa shape index (κ1) is 44.1. The Bertz CT molecular complexity index is 3790. The number of furan rings is 1. The molecule has 0 bridgehead atoms. The molecule has 0 saturated carbocycles. The molecule has 0 amide bonds. The molecule has 0 N–H and O–H groups in total. The quantitative estimate of drug-likeness (QED) is 0.164. The second-order valence-electron chi connectivity index (χ2n) is 24.0. The molecule has 0 unspecified atom stereocenters. The number of hydrogen-bond acceptors (Lipinski definition) is 4. The molecular weight excluding hydrogens is 880 g/mol. The molecule has 13 rings (SSSR count). The van der Waals surface area contributed by atoms with Gasteiger partial charge in [0.2, 0.25) is 0 Å². The van der Waals surface area contributed by atoms with E-state index in [2.05, 4.69) is 243 Å². The van der Waals surface area contributed by atoms with Gasteiger partial charge in [0.15, 0.2) is 0 Å². The third-order valence-electron chi connectivity index (χ3n) is 16.4. The van der Waals surface area contributed by atoms with Crippen molar-refractivity contribution < 1.29 is 4.42 Å². The minimum atomic E-state index is -0.154. The van der Waals surface area contributed by atoms with Crippen LogP contribution >= 0.6 is 11.3 Å². The molecule has 0 atom stereocenters. The average Bonchev–Trinajstić information content (AvgIpc) is 3.94. The fourth-order valence-corrected chi connectivity index (χ4v) is 13.6. The molecule has 2 aromatic heterocycles. The van der Waals surface area contributed by atoms with E-state index in [1.54, 1.807) is 0 Å². The third kappa shape index (κ3) is 6.75. The Morgan fingerprint density at radius 1 is 0.507 bits per heavy atom. The fraction of sp³-hybridized carbons (Fsp3) is 0.242. The summed E-state index contributed by atoms with van der Waals surface area (Å²) in [4.78, 5) is 5.37. The number of fused-ring (bicyclic) bond motifs is 11. The van der Waals surface area contributed by atoms with Crippen LogP contribution in [0.3, 0.4) is 0 Å². The summed E-state index contributed by atoms with van der Waals surface area (Å²) in [5.41, 5.74) is 22.1. The lowest BCUT2D eigenvalue weighted by Gasteiger charge is -2.45. The highest BCUT2D eigenvalue weighted by molar-refractivity contribution is 7.32. The molecule has 350 valence electrons. The predicted molar refractivity (Wildman–Crippen MR) is 306 cm³/mol. The van der Waals surface area contributed by atoms with Gasteiger partial charge in [0.1, 0.15) is 11.2 Å². The van der Waals surface area contributed by atoms with Crippen LogP contribution in [0.15, 0.2) is 168 Å². The molecule has 8 aromatic carbocycles. The van der Waals surface area contributed by atoms with Crippen molar-refractivity contribution in [1.29, 1.82) is 0 Å². The standard InChI is InChI=1S/C66H61BN2OS/c1-63(2,3)43-25-28-45(29-26-43)69-60-46(30-32-55-58(60)50-38-51-52(39-56(50)70-55)66(9,10)34-33-65(51,7)8)49-35-42(40-19-13-11-14-20-40)36-54-59(49)67(69)62-61(47-23-17-18-24-57(47)71-62)68(54)53-31-27-44(64(4,5)6)37-48(53)41-21-15-12-16-22-41/h11-32,35-39H,33-34H2,1-10H3. The topological polar surface area (TPSA) is 19.6 Å². The smallest absolute Gasteiger partial charge is 0.343 e. The Morgan fingerprint density at radius 3 is 1.83 bits per heavy atom. The molecule has 3 aliphatic rings. The van der Waals surface area contributed by atoms with Gasteiger partial charge in [-0.15, -0.1) is 11.3 Å². The van der Waals surface area contributed by atoms with Crippen LogP contribution in [0.1, 0.15) is 104 Å². The van der Waals surface area contributed by atoms with Gasteiger partial charge in [0.05, 0.1) is 16.8 Å².